The van der Waals surface area contributed by atoms with E-state index in [0.717, 1.165) is 31.6 Å². The minimum atomic E-state index is 0.0696. The van der Waals surface area contributed by atoms with Crippen LogP contribution in [0.1, 0.15) is 45.1 Å². The van der Waals surface area contributed by atoms with Crippen molar-refractivity contribution in [2.75, 3.05) is 25.0 Å². The Hall–Kier alpha value is -1.39. The molecule has 0 aliphatic carbocycles. The molecule has 22 heavy (non-hydrogen) atoms. The summed E-state index contributed by atoms with van der Waals surface area (Å²) in [6, 6.07) is 8.37. The molecule has 1 heterocycles. The molecule has 0 saturated carbocycles. The van der Waals surface area contributed by atoms with Crippen LogP contribution in [-0.2, 0) is 4.79 Å². The third-order valence-corrected chi connectivity index (χ3v) is 4.58. The Balaban J connectivity index is 1.82. The first-order valence-corrected chi connectivity index (χ1v) is 8.33. The van der Waals surface area contributed by atoms with E-state index in [1.807, 2.05) is 12.1 Å². The maximum absolute atomic E-state index is 12.2. The summed E-state index contributed by atoms with van der Waals surface area (Å²) in [7, 11) is 0. The third kappa shape index (κ3) is 4.82. The largest absolute Gasteiger partial charge is 0.328 e. The summed E-state index contributed by atoms with van der Waals surface area (Å²) in [5.74, 6) is 1.14. The lowest BCUT2D eigenvalue weighted by Gasteiger charge is -2.33. The van der Waals surface area contributed by atoms with E-state index in [-0.39, 0.29) is 11.9 Å². The van der Waals surface area contributed by atoms with Crippen molar-refractivity contribution in [3.05, 3.63) is 29.8 Å². The predicted molar refractivity (Wildman–Crippen MR) is 92.0 cm³/mol. The maximum Gasteiger partial charge on any atom is 0.238 e. The van der Waals surface area contributed by atoms with Crippen LogP contribution in [0.4, 0.5) is 5.69 Å². The van der Waals surface area contributed by atoms with Gasteiger partial charge in [-0.15, -0.1) is 0 Å². The van der Waals surface area contributed by atoms with Gasteiger partial charge in [0.25, 0.3) is 0 Å². The first-order chi connectivity index (χ1) is 10.5. The van der Waals surface area contributed by atoms with Crippen LogP contribution in [0.5, 0.6) is 0 Å². The molecule has 0 aromatic heterocycles. The molecular formula is C18H29N3O. The van der Waals surface area contributed by atoms with Gasteiger partial charge in [0.1, 0.15) is 0 Å². The zero-order valence-corrected chi connectivity index (χ0v) is 14.0. The molecule has 4 heteroatoms. The van der Waals surface area contributed by atoms with Gasteiger partial charge in [0, 0.05) is 11.7 Å². The smallest absolute Gasteiger partial charge is 0.238 e. The molecule has 0 spiro atoms. The molecule has 1 fully saturated rings. The van der Waals surface area contributed by atoms with Gasteiger partial charge in [-0.3, -0.25) is 9.69 Å². The Bertz CT molecular complexity index is 491. The molecule has 1 amide bonds. The summed E-state index contributed by atoms with van der Waals surface area (Å²) < 4.78 is 0. The summed E-state index contributed by atoms with van der Waals surface area (Å²) in [6.45, 7) is 8.79. The second kappa shape index (κ2) is 7.75. The van der Waals surface area contributed by atoms with E-state index in [1.54, 1.807) is 0 Å². The Morgan fingerprint density at radius 3 is 2.59 bits per heavy atom. The second-order valence-corrected chi connectivity index (χ2v) is 6.80. The minimum absolute atomic E-state index is 0.0696. The summed E-state index contributed by atoms with van der Waals surface area (Å²) >= 11 is 0. The number of carbonyl (C=O) groups excluding carboxylic acids is 1. The highest BCUT2D eigenvalue weighted by Gasteiger charge is 2.23. The van der Waals surface area contributed by atoms with Gasteiger partial charge in [0.15, 0.2) is 0 Å². The number of hydrogen-bond donors (Lipinski definition) is 2. The topological polar surface area (TPSA) is 58.4 Å². The standard InChI is InChI=1S/C18H29N3O/c1-13(2)16-5-4-6-17(11-16)20-18(22)12-21-9-7-15(8-10-21)14(3)19/h4-6,11,13-15H,7-10,12,19H2,1-3H3,(H,20,22). The van der Waals surface area contributed by atoms with Gasteiger partial charge in [-0.1, -0.05) is 26.0 Å². The molecule has 4 nitrogen and oxygen atoms in total. The zero-order valence-electron chi connectivity index (χ0n) is 14.0. The van der Waals surface area contributed by atoms with E-state index in [0.29, 0.717) is 18.4 Å². The molecule has 122 valence electrons. The van der Waals surface area contributed by atoms with Crippen LogP contribution in [0, 0.1) is 5.92 Å². The van der Waals surface area contributed by atoms with Crippen molar-refractivity contribution in [3.8, 4) is 0 Å². The van der Waals surface area contributed by atoms with E-state index in [1.165, 1.54) is 5.56 Å². The average Bonchev–Trinajstić information content (AvgIpc) is 2.47. The average molecular weight is 303 g/mol. The Morgan fingerprint density at radius 1 is 1.32 bits per heavy atom. The van der Waals surface area contributed by atoms with Crippen LogP contribution in [0.25, 0.3) is 0 Å². The molecule has 1 atom stereocenters. The number of rotatable bonds is 5. The number of piperidine rings is 1. The van der Waals surface area contributed by atoms with Gasteiger partial charge in [-0.25, -0.2) is 0 Å². The lowest BCUT2D eigenvalue weighted by Crippen LogP contribution is -2.42. The van der Waals surface area contributed by atoms with E-state index in [4.69, 9.17) is 5.73 Å². The number of nitrogens with one attached hydrogen (secondary N) is 1. The second-order valence-electron chi connectivity index (χ2n) is 6.80. The fourth-order valence-electron chi connectivity index (χ4n) is 3.02. The summed E-state index contributed by atoms with van der Waals surface area (Å²) in [5.41, 5.74) is 8.09. The number of amides is 1. The van der Waals surface area contributed by atoms with Crippen LogP contribution < -0.4 is 11.1 Å². The Kier molecular flexibility index (Phi) is 5.98. The number of likely N-dealkylation sites (tertiary alicyclic amines) is 1. The first-order valence-electron chi connectivity index (χ1n) is 8.33. The normalized spacial score (nSPS) is 18.4. The number of hydrogen-bond acceptors (Lipinski definition) is 3. The highest BCUT2D eigenvalue weighted by atomic mass is 16.2. The lowest BCUT2D eigenvalue weighted by molar-refractivity contribution is -0.117. The van der Waals surface area contributed by atoms with Crippen LogP contribution >= 0.6 is 0 Å². The fourth-order valence-corrected chi connectivity index (χ4v) is 3.02. The van der Waals surface area contributed by atoms with Crippen LogP contribution in [0.15, 0.2) is 24.3 Å². The van der Waals surface area contributed by atoms with Gasteiger partial charge in [-0.2, -0.15) is 0 Å². The van der Waals surface area contributed by atoms with Crippen molar-refractivity contribution >= 4 is 11.6 Å². The predicted octanol–water partition coefficient (Wildman–Crippen LogP) is 2.81. The van der Waals surface area contributed by atoms with E-state index in [9.17, 15) is 4.79 Å². The molecule has 2 rings (SSSR count). The van der Waals surface area contributed by atoms with Gasteiger partial charge < -0.3 is 11.1 Å². The Labute approximate surface area is 134 Å². The highest BCUT2D eigenvalue weighted by Crippen LogP contribution is 2.20. The van der Waals surface area contributed by atoms with E-state index in [2.05, 4.69) is 43.1 Å². The lowest BCUT2D eigenvalue weighted by atomic mass is 9.91. The quantitative estimate of drug-likeness (QED) is 0.879. The van der Waals surface area contributed by atoms with Crippen LogP contribution in [0.2, 0.25) is 0 Å². The summed E-state index contributed by atoms with van der Waals surface area (Å²) in [6.07, 6.45) is 2.18. The Morgan fingerprint density at radius 2 is 2.00 bits per heavy atom. The molecule has 1 aliphatic heterocycles. The maximum atomic E-state index is 12.2. The minimum Gasteiger partial charge on any atom is -0.328 e. The van der Waals surface area contributed by atoms with Crippen molar-refractivity contribution in [2.45, 2.75) is 45.6 Å². The zero-order chi connectivity index (χ0) is 16.1. The number of anilines is 1. The monoisotopic (exact) mass is 303 g/mol. The number of carbonyl (C=O) groups is 1. The molecule has 1 aliphatic rings. The molecule has 1 aromatic rings. The SMILES string of the molecule is CC(C)c1cccc(NC(=O)CN2CCC(C(C)N)CC2)c1. The third-order valence-electron chi connectivity index (χ3n) is 4.58. The van der Waals surface area contributed by atoms with Crippen molar-refractivity contribution in [3.63, 3.8) is 0 Å². The molecule has 1 aromatic carbocycles. The summed E-state index contributed by atoms with van der Waals surface area (Å²) in [5, 5.41) is 3.01. The molecule has 1 unspecified atom stereocenters. The van der Waals surface area contributed by atoms with E-state index < -0.39 is 0 Å². The van der Waals surface area contributed by atoms with Gasteiger partial charge in [0.05, 0.1) is 6.54 Å². The fraction of sp³-hybridized carbons (Fsp3) is 0.611. The van der Waals surface area contributed by atoms with Crippen LogP contribution in [-0.4, -0.2) is 36.5 Å². The number of nitrogens with zero attached hydrogens (tertiary/aromatic N) is 1. The van der Waals surface area contributed by atoms with Crippen molar-refractivity contribution in [1.82, 2.24) is 4.90 Å². The van der Waals surface area contributed by atoms with E-state index >= 15 is 0 Å². The molecular weight excluding hydrogens is 274 g/mol. The molecule has 0 bridgehead atoms. The first kappa shape index (κ1) is 17.0. The summed E-state index contributed by atoms with van der Waals surface area (Å²) in [4.78, 5) is 14.4. The molecule has 1 saturated heterocycles. The van der Waals surface area contributed by atoms with Crippen LogP contribution in [0.3, 0.4) is 0 Å². The van der Waals surface area contributed by atoms with Gasteiger partial charge in [0.2, 0.25) is 5.91 Å². The van der Waals surface area contributed by atoms with Gasteiger partial charge in [-0.05, 0) is 62.4 Å². The number of nitrogens with two attached hydrogens (primary N) is 1. The number of benzene rings is 1. The molecule has 3 N–H and O–H groups in total. The van der Waals surface area contributed by atoms with Crippen molar-refractivity contribution < 1.29 is 4.79 Å². The molecule has 0 radical (unpaired) electrons. The van der Waals surface area contributed by atoms with Crippen molar-refractivity contribution in [1.29, 1.82) is 0 Å². The van der Waals surface area contributed by atoms with Gasteiger partial charge >= 0.3 is 0 Å². The highest BCUT2D eigenvalue weighted by molar-refractivity contribution is 5.92. The van der Waals surface area contributed by atoms with Crippen molar-refractivity contribution in [2.24, 2.45) is 11.7 Å².